The predicted octanol–water partition coefficient (Wildman–Crippen LogP) is 1.18. The Morgan fingerprint density at radius 1 is 1.40 bits per heavy atom. The smallest absolute Gasteiger partial charge is 0.248 e. The third-order valence-electron chi connectivity index (χ3n) is 3.38. The van der Waals surface area contributed by atoms with Crippen LogP contribution >= 0.6 is 0 Å². The lowest BCUT2D eigenvalue weighted by Crippen LogP contribution is -2.03. The molecule has 3 aromatic rings. The van der Waals surface area contributed by atoms with E-state index in [4.69, 9.17) is 4.52 Å². The highest BCUT2D eigenvalue weighted by atomic mass is 16.5. The van der Waals surface area contributed by atoms with Crippen molar-refractivity contribution < 1.29 is 4.52 Å². The predicted molar refractivity (Wildman–Crippen MR) is 70.2 cm³/mol. The lowest BCUT2D eigenvalue weighted by molar-refractivity contribution is 0.362. The molecule has 1 saturated carbocycles. The highest BCUT2D eigenvalue weighted by Gasteiger charge is 2.28. The number of rotatable bonds is 4. The summed E-state index contributed by atoms with van der Waals surface area (Å²) in [5, 5.41) is 12.2. The van der Waals surface area contributed by atoms with Gasteiger partial charge in [-0.15, -0.1) is 0 Å². The Bertz CT molecular complexity index is 758. The summed E-state index contributed by atoms with van der Waals surface area (Å²) < 4.78 is 7.00. The maximum absolute atomic E-state index is 5.26. The molecule has 1 fully saturated rings. The van der Waals surface area contributed by atoms with Crippen LogP contribution in [0.4, 0.5) is 5.82 Å². The Hall–Kier alpha value is -2.51. The number of nitrogens with one attached hydrogen (secondary N) is 1. The summed E-state index contributed by atoms with van der Waals surface area (Å²) in [6.07, 6.45) is 5.56. The summed E-state index contributed by atoms with van der Waals surface area (Å²) in [5.41, 5.74) is 0.746. The maximum Gasteiger partial charge on any atom is 0.248 e. The Balaban J connectivity index is 1.67. The van der Waals surface area contributed by atoms with Crippen molar-refractivity contribution in [3.8, 4) is 0 Å². The first-order chi connectivity index (χ1) is 9.85. The zero-order valence-corrected chi connectivity index (χ0v) is 10.9. The standard InChI is InChI=1S/C12H13N7O/c1-13-11-8-4-16-19(12(8)15-6-14-11)5-9-17-10(18-20-9)7-2-3-7/h4,6-7H,2-3,5H2,1H3,(H,13,14,15). The van der Waals surface area contributed by atoms with Crippen LogP contribution in [-0.4, -0.2) is 36.9 Å². The Labute approximate surface area is 114 Å². The van der Waals surface area contributed by atoms with E-state index in [-0.39, 0.29) is 0 Å². The van der Waals surface area contributed by atoms with E-state index in [0.717, 1.165) is 35.5 Å². The summed E-state index contributed by atoms with van der Waals surface area (Å²) in [6.45, 7) is 0.420. The molecule has 4 rings (SSSR count). The van der Waals surface area contributed by atoms with Crippen molar-refractivity contribution in [2.45, 2.75) is 25.3 Å². The summed E-state index contributed by atoms with van der Waals surface area (Å²) in [7, 11) is 1.82. The minimum Gasteiger partial charge on any atom is -0.372 e. The first-order valence-corrected chi connectivity index (χ1v) is 6.52. The number of nitrogens with zero attached hydrogens (tertiary/aromatic N) is 6. The average molecular weight is 271 g/mol. The van der Waals surface area contributed by atoms with Gasteiger partial charge in [0, 0.05) is 13.0 Å². The molecule has 0 saturated heterocycles. The Morgan fingerprint density at radius 3 is 3.10 bits per heavy atom. The Morgan fingerprint density at radius 2 is 2.30 bits per heavy atom. The fraction of sp³-hybridized carbons (Fsp3) is 0.417. The van der Waals surface area contributed by atoms with Crippen molar-refractivity contribution in [2.75, 3.05) is 12.4 Å². The fourth-order valence-corrected chi connectivity index (χ4v) is 2.18. The van der Waals surface area contributed by atoms with Gasteiger partial charge in [-0.2, -0.15) is 10.1 Å². The number of aromatic nitrogens is 6. The molecular formula is C12H13N7O. The molecule has 0 radical (unpaired) electrons. The van der Waals surface area contributed by atoms with E-state index in [1.165, 1.54) is 6.33 Å². The lowest BCUT2D eigenvalue weighted by Gasteiger charge is -2.01. The molecule has 0 bridgehead atoms. The van der Waals surface area contributed by atoms with E-state index >= 15 is 0 Å². The quantitative estimate of drug-likeness (QED) is 0.761. The SMILES string of the molecule is CNc1ncnc2c1cnn2Cc1nc(C2CC2)no1. The van der Waals surface area contributed by atoms with E-state index < -0.39 is 0 Å². The van der Waals surface area contributed by atoms with Gasteiger partial charge in [0.1, 0.15) is 18.7 Å². The molecule has 1 N–H and O–H groups in total. The van der Waals surface area contributed by atoms with Gasteiger partial charge in [0.05, 0.1) is 11.6 Å². The molecule has 8 heteroatoms. The summed E-state index contributed by atoms with van der Waals surface area (Å²) >= 11 is 0. The van der Waals surface area contributed by atoms with Crippen molar-refractivity contribution >= 4 is 16.9 Å². The molecule has 0 spiro atoms. The van der Waals surface area contributed by atoms with Crippen LogP contribution in [0.3, 0.4) is 0 Å². The van der Waals surface area contributed by atoms with Crippen LogP contribution in [0.2, 0.25) is 0 Å². The van der Waals surface area contributed by atoms with Crippen LogP contribution in [-0.2, 0) is 6.54 Å². The largest absolute Gasteiger partial charge is 0.372 e. The van der Waals surface area contributed by atoms with Crippen LogP contribution in [0.15, 0.2) is 17.0 Å². The minimum absolute atomic E-state index is 0.420. The van der Waals surface area contributed by atoms with Crippen LogP contribution in [0.25, 0.3) is 11.0 Å². The molecule has 1 aliphatic carbocycles. The molecule has 20 heavy (non-hydrogen) atoms. The van der Waals surface area contributed by atoms with E-state index in [2.05, 4.69) is 30.5 Å². The third-order valence-corrected chi connectivity index (χ3v) is 3.38. The highest BCUT2D eigenvalue weighted by molar-refractivity contribution is 5.85. The van der Waals surface area contributed by atoms with Gasteiger partial charge in [0.25, 0.3) is 0 Å². The first-order valence-electron chi connectivity index (χ1n) is 6.52. The van der Waals surface area contributed by atoms with E-state index in [1.54, 1.807) is 10.9 Å². The van der Waals surface area contributed by atoms with Gasteiger partial charge in [-0.1, -0.05) is 5.16 Å². The van der Waals surface area contributed by atoms with Crippen molar-refractivity contribution in [1.82, 2.24) is 29.9 Å². The number of hydrogen-bond donors (Lipinski definition) is 1. The molecular weight excluding hydrogens is 258 g/mol. The molecule has 0 unspecified atom stereocenters. The second-order valence-electron chi connectivity index (χ2n) is 4.83. The van der Waals surface area contributed by atoms with Gasteiger partial charge in [-0.05, 0) is 12.8 Å². The summed E-state index contributed by atoms with van der Waals surface area (Å²) in [5.74, 6) is 2.61. The van der Waals surface area contributed by atoms with Crippen molar-refractivity contribution in [1.29, 1.82) is 0 Å². The molecule has 0 amide bonds. The Kier molecular flexibility index (Phi) is 2.41. The molecule has 102 valence electrons. The van der Waals surface area contributed by atoms with Gasteiger partial charge in [0.15, 0.2) is 11.5 Å². The second-order valence-corrected chi connectivity index (χ2v) is 4.83. The van der Waals surface area contributed by atoms with Gasteiger partial charge in [-0.3, -0.25) is 0 Å². The van der Waals surface area contributed by atoms with Crippen LogP contribution in [0, 0.1) is 0 Å². The highest BCUT2D eigenvalue weighted by Crippen LogP contribution is 2.38. The summed E-state index contributed by atoms with van der Waals surface area (Å²) in [4.78, 5) is 12.8. The van der Waals surface area contributed by atoms with E-state index in [9.17, 15) is 0 Å². The van der Waals surface area contributed by atoms with Gasteiger partial charge in [-0.25, -0.2) is 14.6 Å². The molecule has 3 aromatic heterocycles. The zero-order chi connectivity index (χ0) is 13.5. The summed E-state index contributed by atoms with van der Waals surface area (Å²) in [6, 6.07) is 0. The molecule has 0 aliphatic heterocycles. The third kappa shape index (κ3) is 1.80. The number of fused-ring (bicyclic) bond motifs is 1. The van der Waals surface area contributed by atoms with Gasteiger partial charge in [0.2, 0.25) is 5.89 Å². The minimum atomic E-state index is 0.420. The number of hydrogen-bond acceptors (Lipinski definition) is 7. The van der Waals surface area contributed by atoms with Crippen molar-refractivity contribution in [3.05, 3.63) is 24.2 Å². The molecule has 3 heterocycles. The van der Waals surface area contributed by atoms with Crippen LogP contribution in [0.1, 0.15) is 30.5 Å². The molecule has 0 aromatic carbocycles. The lowest BCUT2D eigenvalue weighted by atomic mass is 10.4. The van der Waals surface area contributed by atoms with Crippen molar-refractivity contribution in [2.24, 2.45) is 0 Å². The average Bonchev–Trinajstić information content (AvgIpc) is 3.09. The fourth-order valence-electron chi connectivity index (χ4n) is 2.18. The van der Waals surface area contributed by atoms with Gasteiger partial charge < -0.3 is 9.84 Å². The monoisotopic (exact) mass is 271 g/mol. The van der Waals surface area contributed by atoms with Crippen LogP contribution < -0.4 is 5.32 Å². The molecule has 1 aliphatic rings. The zero-order valence-electron chi connectivity index (χ0n) is 10.9. The van der Waals surface area contributed by atoms with Crippen molar-refractivity contribution in [3.63, 3.8) is 0 Å². The molecule has 0 atom stereocenters. The first kappa shape index (κ1) is 11.3. The van der Waals surface area contributed by atoms with E-state index in [1.807, 2.05) is 7.05 Å². The normalized spacial score (nSPS) is 14.8. The van der Waals surface area contributed by atoms with Crippen LogP contribution in [0.5, 0.6) is 0 Å². The maximum atomic E-state index is 5.26. The topological polar surface area (TPSA) is 94.6 Å². The van der Waals surface area contributed by atoms with Gasteiger partial charge >= 0.3 is 0 Å². The number of anilines is 1. The second kappa shape index (κ2) is 4.26. The van der Waals surface area contributed by atoms with E-state index in [0.29, 0.717) is 18.4 Å². The molecule has 8 nitrogen and oxygen atoms in total.